The maximum absolute atomic E-state index is 11.2. The molecular formula is C16H27N3O3+2. The summed E-state index contributed by atoms with van der Waals surface area (Å²) in [6, 6.07) is 7.55. The zero-order valence-electron chi connectivity index (χ0n) is 13.4. The van der Waals surface area contributed by atoms with Gasteiger partial charge in [-0.3, -0.25) is 4.79 Å². The first kappa shape index (κ1) is 16.6. The summed E-state index contributed by atoms with van der Waals surface area (Å²) < 4.78 is 10.9. The minimum Gasteiger partial charge on any atom is -0.497 e. The van der Waals surface area contributed by atoms with E-state index < -0.39 is 0 Å². The molecule has 0 aliphatic carbocycles. The first-order chi connectivity index (χ1) is 10.6. The van der Waals surface area contributed by atoms with Gasteiger partial charge in [-0.1, -0.05) is 0 Å². The molecule has 2 rings (SSSR count). The fourth-order valence-corrected chi connectivity index (χ4v) is 2.79. The molecule has 0 aromatic heterocycles. The van der Waals surface area contributed by atoms with Crippen LogP contribution in [-0.4, -0.2) is 58.4 Å². The van der Waals surface area contributed by atoms with Crippen molar-refractivity contribution in [1.82, 2.24) is 0 Å². The highest BCUT2D eigenvalue weighted by Gasteiger charge is 2.29. The van der Waals surface area contributed by atoms with Crippen LogP contribution in [0, 0.1) is 0 Å². The average molecular weight is 309 g/mol. The molecule has 1 fully saturated rings. The summed E-state index contributed by atoms with van der Waals surface area (Å²) in [6.07, 6.45) is 0. The van der Waals surface area contributed by atoms with E-state index in [1.165, 1.54) is 9.80 Å². The van der Waals surface area contributed by atoms with Crippen molar-refractivity contribution in [2.45, 2.75) is 13.0 Å². The molecule has 4 N–H and O–H groups in total. The van der Waals surface area contributed by atoms with Crippen LogP contribution in [0.15, 0.2) is 24.3 Å². The third kappa shape index (κ3) is 4.61. The van der Waals surface area contributed by atoms with Gasteiger partial charge in [-0.25, -0.2) is 0 Å². The molecule has 1 amide bonds. The molecule has 1 aliphatic heterocycles. The Morgan fingerprint density at radius 2 is 1.77 bits per heavy atom. The van der Waals surface area contributed by atoms with Crippen LogP contribution in [0.1, 0.15) is 6.92 Å². The Hall–Kier alpha value is -1.79. The smallest absolute Gasteiger partial charge is 0.275 e. The monoisotopic (exact) mass is 309 g/mol. The molecule has 0 bridgehead atoms. The van der Waals surface area contributed by atoms with Crippen molar-refractivity contribution in [3.63, 3.8) is 0 Å². The number of nitrogens with one attached hydrogen (secondary N) is 2. The van der Waals surface area contributed by atoms with Crippen LogP contribution < -0.4 is 25.0 Å². The maximum Gasteiger partial charge on any atom is 0.275 e. The number of ether oxygens (including phenoxy) is 2. The number of carbonyl (C=O) groups excluding carboxylic acids is 1. The highest BCUT2D eigenvalue weighted by Crippen LogP contribution is 2.16. The maximum atomic E-state index is 11.2. The van der Waals surface area contributed by atoms with Gasteiger partial charge in [0.2, 0.25) is 0 Å². The summed E-state index contributed by atoms with van der Waals surface area (Å²) in [5.41, 5.74) is 5.37. The van der Waals surface area contributed by atoms with Crippen molar-refractivity contribution in [3.05, 3.63) is 24.3 Å². The Bertz CT molecular complexity index is 470. The topological polar surface area (TPSA) is 70.4 Å². The lowest BCUT2D eigenvalue weighted by molar-refractivity contribution is -1.02. The molecule has 1 aliphatic rings. The van der Waals surface area contributed by atoms with E-state index in [0.717, 1.165) is 44.2 Å². The van der Waals surface area contributed by atoms with Crippen LogP contribution in [0.25, 0.3) is 0 Å². The minimum atomic E-state index is -0.207. The summed E-state index contributed by atoms with van der Waals surface area (Å²) in [7, 11) is 1.65. The fourth-order valence-electron chi connectivity index (χ4n) is 2.79. The van der Waals surface area contributed by atoms with E-state index in [-0.39, 0.29) is 11.9 Å². The number of rotatable bonds is 7. The number of primary amides is 1. The predicted octanol–water partition coefficient (Wildman–Crippen LogP) is -2.27. The zero-order valence-corrected chi connectivity index (χ0v) is 13.4. The lowest BCUT2D eigenvalue weighted by Gasteiger charge is -2.31. The number of carbonyl (C=O) groups is 1. The quantitative estimate of drug-likeness (QED) is 0.532. The lowest BCUT2D eigenvalue weighted by atomic mass is 10.2. The van der Waals surface area contributed by atoms with Crippen LogP contribution in [0.2, 0.25) is 0 Å². The minimum absolute atomic E-state index is 0.0860. The van der Waals surface area contributed by atoms with Crippen molar-refractivity contribution >= 4 is 5.91 Å². The van der Waals surface area contributed by atoms with E-state index in [1.54, 1.807) is 7.11 Å². The first-order valence-electron chi connectivity index (χ1n) is 7.84. The summed E-state index contributed by atoms with van der Waals surface area (Å²) in [5, 5.41) is 0. The van der Waals surface area contributed by atoms with Gasteiger partial charge in [0.05, 0.1) is 7.11 Å². The molecule has 0 saturated carbocycles. The number of benzene rings is 1. The molecule has 22 heavy (non-hydrogen) atoms. The van der Waals surface area contributed by atoms with Crippen LogP contribution >= 0.6 is 0 Å². The predicted molar refractivity (Wildman–Crippen MR) is 83.4 cm³/mol. The molecule has 0 spiro atoms. The molecular weight excluding hydrogens is 282 g/mol. The Labute approximate surface area is 131 Å². The van der Waals surface area contributed by atoms with E-state index in [9.17, 15) is 4.79 Å². The summed E-state index contributed by atoms with van der Waals surface area (Å²) >= 11 is 0. The molecule has 6 heteroatoms. The summed E-state index contributed by atoms with van der Waals surface area (Å²) in [6.45, 7) is 7.67. The molecule has 1 aromatic carbocycles. The number of hydrogen-bond acceptors (Lipinski definition) is 3. The Balaban J connectivity index is 1.67. The van der Waals surface area contributed by atoms with Crippen LogP contribution in [-0.2, 0) is 4.79 Å². The van der Waals surface area contributed by atoms with Gasteiger partial charge in [0.25, 0.3) is 5.91 Å². The van der Waals surface area contributed by atoms with E-state index in [1.807, 2.05) is 31.2 Å². The van der Waals surface area contributed by atoms with E-state index in [0.29, 0.717) is 6.61 Å². The SMILES string of the molecule is COc1ccc(OCC[NH+]2CC[NH+]([C@H](C)C(N)=O)CC2)cc1. The van der Waals surface area contributed by atoms with Crippen LogP contribution in [0.3, 0.4) is 0 Å². The number of piperazine rings is 1. The fraction of sp³-hybridized carbons (Fsp3) is 0.562. The zero-order chi connectivity index (χ0) is 15.9. The highest BCUT2D eigenvalue weighted by molar-refractivity contribution is 5.77. The number of amides is 1. The second kappa shape index (κ2) is 8.00. The summed E-state index contributed by atoms with van der Waals surface area (Å²) in [4.78, 5) is 14.0. The van der Waals surface area contributed by atoms with Gasteiger partial charge in [-0.2, -0.15) is 0 Å². The van der Waals surface area contributed by atoms with Gasteiger partial charge in [0.15, 0.2) is 6.04 Å². The molecule has 1 saturated heterocycles. The van der Waals surface area contributed by atoms with Crippen molar-refractivity contribution in [1.29, 1.82) is 0 Å². The second-order valence-electron chi connectivity index (χ2n) is 5.81. The Morgan fingerprint density at radius 1 is 1.18 bits per heavy atom. The Kier molecular flexibility index (Phi) is 6.03. The van der Waals surface area contributed by atoms with Crippen molar-refractivity contribution < 1.29 is 24.1 Å². The molecule has 1 aromatic rings. The third-order valence-electron chi connectivity index (χ3n) is 4.42. The largest absolute Gasteiger partial charge is 0.497 e. The second-order valence-corrected chi connectivity index (χ2v) is 5.81. The third-order valence-corrected chi connectivity index (χ3v) is 4.42. The van der Waals surface area contributed by atoms with Gasteiger partial charge in [0, 0.05) is 0 Å². The van der Waals surface area contributed by atoms with Crippen molar-refractivity contribution in [3.8, 4) is 11.5 Å². The van der Waals surface area contributed by atoms with Gasteiger partial charge in [-0.05, 0) is 31.2 Å². The Morgan fingerprint density at radius 3 is 2.32 bits per heavy atom. The van der Waals surface area contributed by atoms with Crippen LogP contribution in [0.4, 0.5) is 0 Å². The number of nitrogens with two attached hydrogens (primary N) is 1. The van der Waals surface area contributed by atoms with Gasteiger partial charge >= 0.3 is 0 Å². The van der Waals surface area contributed by atoms with E-state index in [4.69, 9.17) is 15.2 Å². The summed E-state index contributed by atoms with van der Waals surface area (Å²) in [5.74, 6) is 1.49. The molecule has 1 heterocycles. The molecule has 6 nitrogen and oxygen atoms in total. The van der Waals surface area contributed by atoms with Crippen molar-refractivity contribution in [2.75, 3.05) is 46.4 Å². The molecule has 0 radical (unpaired) electrons. The van der Waals surface area contributed by atoms with Gasteiger partial charge < -0.3 is 25.0 Å². The van der Waals surface area contributed by atoms with E-state index in [2.05, 4.69) is 0 Å². The standard InChI is InChI=1S/C16H25N3O3/c1-13(16(17)20)19-9-7-18(8-10-19)11-12-22-15-5-3-14(21-2)4-6-15/h3-6,13H,7-12H2,1-2H3,(H2,17,20)/p+2/t13-/m1/s1. The van der Waals surface area contributed by atoms with Gasteiger partial charge in [0.1, 0.15) is 50.8 Å². The number of quaternary nitrogens is 2. The number of methoxy groups -OCH3 is 1. The van der Waals surface area contributed by atoms with E-state index >= 15 is 0 Å². The van der Waals surface area contributed by atoms with Gasteiger partial charge in [-0.15, -0.1) is 0 Å². The molecule has 0 unspecified atom stereocenters. The highest BCUT2D eigenvalue weighted by atomic mass is 16.5. The van der Waals surface area contributed by atoms with Crippen molar-refractivity contribution in [2.24, 2.45) is 5.73 Å². The lowest BCUT2D eigenvalue weighted by Crippen LogP contribution is -3.30. The number of hydrogen-bond donors (Lipinski definition) is 3. The average Bonchev–Trinajstić information content (AvgIpc) is 2.55. The normalized spacial score (nSPS) is 22.8. The molecule has 1 atom stereocenters. The van der Waals surface area contributed by atoms with Crippen LogP contribution in [0.5, 0.6) is 11.5 Å². The first-order valence-corrected chi connectivity index (χ1v) is 7.84. The molecule has 122 valence electrons.